The fourth-order valence-corrected chi connectivity index (χ4v) is 1.37. The Labute approximate surface area is 91.2 Å². The summed E-state index contributed by atoms with van der Waals surface area (Å²) in [5.74, 6) is 0. The topological polar surface area (TPSA) is 61.8 Å². The van der Waals surface area contributed by atoms with Crippen molar-refractivity contribution in [3.8, 4) is 17.8 Å². The van der Waals surface area contributed by atoms with Crippen LogP contribution in [0.25, 0.3) is 5.69 Å². The van der Waals surface area contributed by atoms with Gasteiger partial charge < -0.3 is 5.11 Å². The molecule has 1 aromatic heterocycles. The van der Waals surface area contributed by atoms with Gasteiger partial charge in [-0.3, -0.25) is 4.57 Å². The van der Waals surface area contributed by atoms with Crippen LogP contribution in [0.15, 0.2) is 30.5 Å². The van der Waals surface area contributed by atoms with Gasteiger partial charge in [0.05, 0.1) is 23.0 Å². The molecule has 0 saturated heterocycles. The van der Waals surface area contributed by atoms with Gasteiger partial charge in [0, 0.05) is 6.20 Å². The number of alkyl halides is 1. The zero-order valence-electron chi connectivity index (χ0n) is 8.26. The van der Waals surface area contributed by atoms with Crippen molar-refractivity contribution in [2.75, 3.05) is 0 Å². The molecular weight excluding hydrogens is 209 g/mol. The van der Waals surface area contributed by atoms with Crippen LogP contribution in [-0.4, -0.2) is 14.7 Å². The SMILES string of the molecule is N#Cc1ccc(-n2cc(CF)nc2O)cc1. The molecule has 0 fully saturated rings. The number of hydrogen-bond acceptors (Lipinski definition) is 3. The second-order valence-electron chi connectivity index (χ2n) is 3.19. The quantitative estimate of drug-likeness (QED) is 0.835. The molecule has 0 bridgehead atoms. The van der Waals surface area contributed by atoms with Gasteiger partial charge in [-0.05, 0) is 24.3 Å². The van der Waals surface area contributed by atoms with Crippen molar-refractivity contribution in [3.05, 3.63) is 41.7 Å². The summed E-state index contributed by atoms with van der Waals surface area (Å²) in [4.78, 5) is 3.63. The van der Waals surface area contributed by atoms with Gasteiger partial charge in [0.1, 0.15) is 6.67 Å². The van der Waals surface area contributed by atoms with Crippen LogP contribution in [0.2, 0.25) is 0 Å². The fraction of sp³-hybridized carbons (Fsp3) is 0.0909. The van der Waals surface area contributed by atoms with E-state index in [9.17, 15) is 9.50 Å². The van der Waals surface area contributed by atoms with E-state index in [2.05, 4.69) is 4.98 Å². The van der Waals surface area contributed by atoms with Crippen LogP contribution in [0.4, 0.5) is 4.39 Å². The molecule has 1 heterocycles. The smallest absolute Gasteiger partial charge is 0.298 e. The minimum atomic E-state index is -0.725. The molecule has 0 radical (unpaired) electrons. The number of aromatic nitrogens is 2. The van der Waals surface area contributed by atoms with Crippen molar-refractivity contribution < 1.29 is 9.50 Å². The van der Waals surface area contributed by atoms with Crippen LogP contribution in [0, 0.1) is 11.3 Å². The molecule has 80 valence electrons. The molecule has 4 nitrogen and oxygen atoms in total. The van der Waals surface area contributed by atoms with Crippen molar-refractivity contribution in [3.63, 3.8) is 0 Å². The van der Waals surface area contributed by atoms with E-state index in [-0.39, 0.29) is 11.7 Å². The van der Waals surface area contributed by atoms with Gasteiger partial charge in [0.25, 0.3) is 6.01 Å². The largest absolute Gasteiger partial charge is 0.480 e. The van der Waals surface area contributed by atoms with Gasteiger partial charge in [-0.15, -0.1) is 0 Å². The van der Waals surface area contributed by atoms with E-state index >= 15 is 0 Å². The Morgan fingerprint density at radius 2 is 2.06 bits per heavy atom. The molecule has 0 unspecified atom stereocenters. The molecule has 2 aromatic rings. The number of aromatic hydroxyl groups is 1. The van der Waals surface area contributed by atoms with Gasteiger partial charge in [-0.1, -0.05) is 0 Å². The minimum absolute atomic E-state index is 0.168. The van der Waals surface area contributed by atoms with E-state index in [0.29, 0.717) is 11.3 Å². The van der Waals surface area contributed by atoms with Crippen LogP contribution in [0.1, 0.15) is 11.3 Å². The number of nitrogens with zero attached hydrogens (tertiary/aromatic N) is 3. The lowest BCUT2D eigenvalue weighted by atomic mass is 10.2. The minimum Gasteiger partial charge on any atom is -0.480 e. The number of nitriles is 1. The first-order valence-corrected chi connectivity index (χ1v) is 4.58. The van der Waals surface area contributed by atoms with Gasteiger partial charge in [-0.25, -0.2) is 4.39 Å². The number of hydrogen-bond donors (Lipinski definition) is 1. The molecule has 0 aliphatic heterocycles. The lowest BCUT2D eigenvalue weighted by molar-refractivity contribution is 0.418. The van der Waals surface area contributed by atoms with Gasteiger partial charge >= 0.3 is 0 Å². The average molecular weight is 217 g/mol. The highest BCUT2D eigenvalue weighted by Crippen LogP contribution is 2.18. The van der Waals surface area contributed by atoms with Crippen LogP contribution < -0.4 is 0 Å². The van der Waals surface area contributed by atoms with E-state index in [1.165, 1.54) is 10.8 Å². The summed E-state index contributed by atoms with van der Waals surface area (Å²) < 4.78 is 13.7. The third-order valence-corrected chi connectivity index (χ3v) is 2.15. The number of rotatable bonds is 2. The highest BCUT2D eigenvalue weighted by Gasteiger charge is 2.07. The third-order valence-electron chi connectivity index (χ3n) is 2.15. The maximum absolute atomic E-state index is 12.3. The Morgan fingerprint density at radius 1 is 1.38 bits per heavy atom. The third kappa shape index (κ3) is 1.73. The lowest BCUT2D eigenvalue weighted by Crippen LogP contribution is -1.91. The molecular formula is C11H8FN3O. The molecule has 0 aliphatic carbocycles. The van der Waals surface area contributed by atoms with Crippen molar-refractivity contribution >= 4 is 0 Å². The van der Waals surface area contributed by atoms with Crippen LogP contribution in [0.5, 0.6) is 6.01 Å². The molecule has 0 atom stereocenters. The molecule has 1 N–H and O–H groups in total. The van der Waals surface area contributed by atoms with E-state index in [1.807, 2.05) is 6.07 Å². The van der Waals surface area contributed by atoms with Crippen LogP contribution in [0.3, 0.4) is 0 Å². The lowest BCUT2D eigenvalue weighted by Gasteiger charge is -2.02. The maximum atomic E-state index is 12.3. The first kappa shape index (κ1) is 10.2. The highest BCUT2D eigenvalue weighted by molar-refractivity contribution is 5.41. The summed E-state index contributed by atoms with van der Waals surface area (Å²) in [5, 5.41) is 18.1. The predicted octanol–water partition coefficient (Wildman–Crippen LogP) is 1.92. The normalized spacial score (nSPS) is 10.0. The molecule has 1 aromatic carbocycles. The molecule has 2 rings (SSSR count). The zero-order valence-corrected chi connectivity index (χ0v) is 8.26. The standard InChI is InChI=1S/C11H8FN3O/c12-5-9-7-15(11(16)14-9)10-3-1-8(6-13)2-4-10/h1-4,7H,5H2,(H,14,16). The summed E-state index contributed by atoms with van der Waals surface area (Å²) in [6.45, 7) is -0.725. The van der Waals surface area contributed by atoms with Crippen LogP contribution in [-0.2, 0) is 6.67 Å². The predicted molar refractivity (Wildman–Crippen MR) is 54.8 cm³/mol. The summed E-state index contributed by atoms with van der Waals surface area (Å²) in [7, 11) is 0. The van der Waals surface area contributed by atoms with E-state index in [4.69, 9.17) is 5.26 Å². The monoisotopic (exact) mass is 217 g/mol. The van der Waals surface area contributed by atoms with Gasteiger partial charge in [-0.2, -0.15) is 10.2 Å². The Morgan fingerprint density at radius 3 is 2.56 bits per heavy atom. The number of imidazole rings is 1. The van der Waals surface area contributed by atoms with Gasteiger partial charge in [0.15, 0.2) is 0 Å². The Bertz CT molecular complexity index is 539. The second-order valence-corrected chi connectivity index (χ2v) is 3.19. The highest BCUT2D eigenvalue weighted by atomic mass is 19.1. The molecule has 0 amide bonds. The van der Waals surface area contributed by atoms with Crippen molar-refractivity contribution in [2.45, 2.75) is 6.67 Å². The molecule has 0 spiro atoms. The van der Waals surface area contributed by atoms with Crippen molar-refractivity contribution in [1.82, 2.24) is 9.55 Å². The number of benzene rings is 1. The fourth-order valence-electron chi connectivity index (χ4n) is 1.37. The summed E-state index contributed by atoms with van der Waals surface area (Å²) in [6, 6.07) is 8.26. The summed E-state index contributed by atoms with van der Waals surface area (Å²) in [6.07, 6.45) is 1.41. The van der Waals surface area contributed by atoms with E-state index in [1.54, 1.807) is 24.3 Å². The Balaban J connectivity index is 2.42. The van der Waals surface area contributed by atoms with E-state index < -0.39 is 6.67 Å². The van der Waals surface area contributed by atoms with Crippen molar-refractivity contribution in [1.29, 1.82) is 5.26 Å². The first-order valence-electron chi connectivity index (χ1n) is 4.58. The molecule has 0 aliphatic rings. The Hall–Kier alpha value is -2.35. The molecule has 16 heavy (non-hydrogen) atoms. The van der Waals surface area contributed by atoms with Crippen LogP contribution >= 0.6 is 0 Å². The van der Waals surface area contributed by atoms with Gasteiger partial charge in [0.2, 0.25) is 0 Å². The second kappa shape index (κ2) is 4.03. The molecule has 5 heteroatoms. The average Bonchev–Trinajstić information content (AvgIpc) is 2.71. The van der Waals surface area contributed by atoms with E-state index in [0.717, 1.165) is 0 Å². The number of halogens is 1. The van der Waals surface area contributed by atoms with Crippen molar-refractivity contribution in [2.24, 2.45) is 0 Å². The molecule has 0 saturated carbocycles. The maximum Gasteiger partial charge on any atom is 0.298 e. The zero-order chi connectivity index (χ0) is 11.5. The Kier molecular flexibility index (Phi) is 2.56. The summed E-state index contributed by atoms with van der Waals surface area (Å²) >= 11 is 0. The summed E-state index contributed by atoms with van der Waals surface area (Å²) in [5.41, 5.74) is 1.32. The first-order chi connectivity index (χ1) is 7.74.